The van der Waals surface area contributed by atoms with Crippen LogP contribution in [0.2, 0.25) is 0 Å². The Morgan fingerprint density at radius 3 is 2.46 bits per heavy atom. The van der Waals surface area contributed by atoms with E-state index in [-0.39, 0.29) is 11.5 Å². The monoisotopic (exact) mass is 337 g/mol. The summed E-state index contributed by atoms with van der Waals surface area (Å²) in [5.74, 6) is -1.38. The third-order valence-corrected chi connectivity index (χ3v) is 4.49. The first-order valence-corrected chi connectivity index (χ1v) is 8.22. The lowest BCUT2D eigenvalue weighted by atomic mass is 10.0. The summed E-state index contributed by atoms with van der Waals surface area (Å²) in [4.78, 5) is 24.1. The van der Waals surface area contributed by atoms with Crippen LogP contribution in [0, 0.1) is 6.92 Å². The van der Waals surface area contributed by atoms with E-state index in [1.54, 1.807) is 23.6 Å². The molecule has 0 saturated heterocycles. The zero-order valence-corrected chi connectivity index (χ0v) is 13.8. The van der Waals surface area contributed by atoms with Gasteiger partial charge < -0.3 is 10.4 Å². The zero-order chi connectivity index (χ0) is 17.1. The smallest absolute Gasteiger partial charge is 0.339 e. The van der Waals surface area contributed by atoms with Gasteiger partial charge in [-0.3, -0.25) is 4.79 Å². The maximum atomic E-state index is 12.4. The number of benzene rings is 2. The second-order valence-corrected chi connectivity index (χ2v) is 6.23. The van der Waals surface area contributed by atoms with Crippen molar-refractivity contribution >= 4 is 28.2 Å². The van der Waals surface area contributed by atoms with Crippen molar-refractivity contribution in [3.63, 3.8) is 0 Å². The van der Waals surface area contributed by atoms with E-state index in [0.29, 0.717) is 16.1 Å². The summed E-state index contributed by atoms with van der Waals surface area (Å²) in [5.41, 5.74) is 3.00. The normalized spacial score (nSPS) is 10.4. The molecular formula is C19H15NO3S. The Morgan fingerprint density at radius 1 is 1.04 bits per heavy atom. The Bertz CT molecular complexity index is 900. The maximum absolute atomic E-state index is 12.4. The highest BCUT2D eigenvalue weighted by atomic mass is 32.1. The van der Waals surface area contributed by atoms with Crippen molar-refractivity contribution in [2.24, 2.45) is 0 Å². The van der Waals surface area contributed by atoms with E-state index < -0.39 is 5.97 Å². The largest absolute Gasteiger partial charge is 0.478 e. The van der Waals surface area contributed by atoms with Gasteiger partial charge in [0.05, 0.1) is 0 Å². The van der Waals surface area contributed by atoms with E-state index in [4.69, 9.17) is 0 Å². The lowest BCUT2D eigenvalue weighted by molar-refractivity contribution is 0.0699. The quantitative estimate of drug-likeness (QED) is 0.727. The van der Waals surface area contributed by atoms with Crippen LogP contribution in [0.1, 0.15) is 26.3 Å². The molecule has 24 heavy (non-hydrogen) atoms. The number of carbonyl (C=O) groups excluding carboxylic acids is 1. The fourth-order valence-corrected chi connectivity index (χ4v) is 3.41. The van der Waals surface area contributed by atoms with E-state index in [1.807, 2.05) is 43.3 Å². The van der Waals surface area contributed by atoms with Crippen LogP contribution in [-0.4, -0.2) is 17.0 Å². The summed E-state index contributed by atoms with van der Waals surface area (Å²) in [6.07, 6.45) is 0. The van der Waals surface area contributed by atoms with Gasteiger partial charge in [0, 0.05) is 16.5 Å². The van der Waals surface area contributed by atoms with E-state index in [0.717, 1.165) is 11.1 Å². The molecule has 0 atom stereocenters. The number of aryl methyl sites for hydroxylation is 1. The zero-order valence-electron chi connectivity index (χ0n) is 12.9. The average Bonchev–Trinajstić information content (AvgIpc) is 2.99. The van der Waals surface area contributed by atoms with Crippen LogP contribution in [-0.2, 0) is 0 Å². The van der Waals surface area contributed by atoms with Gasteiger partial charge in [-0.05, 0) is 24.6 Å². The number of hydrogen-bond acceptors (Lipinski definition) is 3. The highest BCUT2D eigenvalue weighted by Crippen LogP contribution is 2.35. The van der Waals surface area contributed by atoms with Gasteiger partial charge in [-0.2, -0.15) is 0 Å². The van der Waals surface area contributed by atoms with Crippen LogP contribution >= 0.6 is 11.3 Å². The van der Waals surface area contributed by atoms with Gasteiger partial charge in [-0.15, -0.1) is 11.3 Å². The number of carbonyl (C=O) groups is 2. The van der Waals surface area contributed by atoms with Crippen molar-refractivity contribution in [2.45, 2.75) is 6.92 Å². The first-order chi connectivity index (χ1) is 11.6. The number of nitrogens with one attached hydrogen (secondary N) is 1. The molecule has 0 aliphatic heterocycles. The van der Waals surface area contributed by atoms with Crippen LogP contribution in [0.15, 0.2) is 60.0 Å². The van der Waals surface area contributed by atoms with Gasteiger partial charge in [0.25, 0.3) is 5.91 Å². The number of rotatable bonds is 4. The second kappa shape index (κ2) is 6.68. The lowest BCUT2D eigenvalue weighted by Crippen LogP contribution is -2.13. The second-order valence-electron chi connectivity index (χ2n) is 5.35. The topological polar surface area (TPSA) is 66.4 Å². The van der Waals surface area contributed by atoms with Crippen LogP contribution in [0.5, 0.6) is 0 Å². The molecule has 0 spiro atoms. The summed E-state index contributed by atoms with van der Waals surface area (Å²) in [7, 11) is 0. The fourth-order valence-electron chi connectivity index (χ4n) is 2.45. The number of carboxylic acid groups (broad SMARTS) is 1. The molecule has 1 amide bonds. The molecular weight excluding hydrogens is 322 g/mol. The number of thiophene rings is 1. The van der Waals surface area contributed by atoms with E-state index in [9.17, 15) is 14.7 Å². The molecule has 0 bridgehead atoms. The maximum Gasteiger partial charge on any atom is 0.339 e. The van der Waals surface area contributed by atoms with Crippen molar-refractivity contribution in [1.29, 1.82) is 0 Å². The average molecular weight is 337 g/mol. The summed E-state index contributed by atoms with van der Waals surface area (Å²) < 4.78 is 0. The van der Waals surface area contributed by atoms with Crippen molar-refractivity contribution in [3.05, 3.63) is 76.7 Å². The van der Waals surface area contributed by atoms with Gasteiger partial charge in [0.2, 0.25) is 0 Å². The van der Waals surface area contributed by atoms with Crippen molar-refractivity contribution in [3.8, 4) is 11.1 Å². The van der Waals surface area contributed by atoms with Gasteiger partial charge in [0.1, 0.15) is 10.6 Å². The van der Waals surface area contributed by atoms with Crippen molar-refractivity contribution < 1.29 is 14.7 Å². The summed E-state index contributed by atoms with van der Waals surface area (Å²) in [6, 6.07) is 16.4. The van der Waals surface area contributed by atoms with Crippen molar-refractivity contribution in [1.82, 2.24) is 0 Å². The molecule has 0 radical (unpaired) electrons. The number of amides is 1. The predicted octanol–water partition coefficient (Wildman–Crippen LogP) is 4.67. The molecule has 2 aromatic carbocycles. The van der Waals surface area contributed by atoms with Crippen LogP contribution in [0.4, 0.5) is 5.00 Å². The van der Waals surface area contributed by atoms with Gasteiger partial charge in [-0.1, -0.05) is 48.0 Å². The van der Waals surface area contributed by atoms with E-state index >= 15 is 0 Å². The standard InChI is InChI=1S/C19H15NO3S/c1-12-6-5-9-14(10-12)17(21)20-18-16(19(22)23)15(11-24-18)13-7-3-2-4-8-13/h2-11H,1H3,(H,20,21)(H,22,23). The Kier molecular flexibility index (Phi) is 4.44. The first-order valence-electron chi connectivity index (χ1n) is 7.34. The molecule has 0 unspecified atom stereocenters. The number of hydrogen-bond donors (Lipinski definition) is 2. The minimum atomic E-state index is -1.06. The summed E-state index contributed by atoms with van der Waals surface area (Å²) >= 11 is 1.21. The minimum absolute atomic E-state index is 0.118. The van der Waals surface area contributed by atoms with Gasteiger partial charge in [0.15, 0.2) is 0 Å². The van der Waals surface area contributed by atoms with E-state index in [2.05, 4.69) is 5.32 Å². The van der Waals surface area contributed by atoms with E-state index in [1.165, 1.54) is 11.3 Å². The molecule has 4 nitrogen and oxygen atoms in total. The Labute approximate surface area is 143 Å². The van der Waals surface area contributed by atoms with Crippen molar-refractivity contribution in [2.75, 3.05) is 5.32 Å². The molecule has 2 N–H and O–H groups in total. The van der Waals surface area contributed by atoms with Gasteiger partial charge in [-0.25, -0.2) is 4.79 Å². The molecule has 1 heterocycles. The molecule has 3 aromatic rings. The minimum Gasteiger partial charge on any atom is -0.478 e. The summed E-state index contributed by atoms with van der Waals surface area (Å²) in [5, 5.41) is 14.4. The van der Waals surface area contributed by atoms with Gasteiger partial charge >= 0.3 is 5.97 Å². The molecule has 5 heteroatoms. The SMILES string of the molecule is Cc1cccc(C(=O)Nc2scc(-c3ccccc3)c2C(=O)O)c1. The summed E-state index contributed by atoms with van der Waals surface area (Å²) in [6.45, 7) is 1.90. The lowest BCUT2D eigenvalue weighted by Gasteiger charge is -2.06. The molecule has 0 aliphatic carbocycles. The first kappa shape index (κ1) is 16.0. The Balaban J connectivity index is 1.96. The van der Waals surface area contributed by atoms with Crippen LogP contribution in [0.3, 0.4) is 0 Å². The molecule has 3 rings (SSSR count). The molecule has 120 valence electrons. The number of anilines is 1. The Hall–Kier alpha value is -2.92. The predicted molar refractivity (Wildman–Crippen MR) is 95.8 cm³/mol. The highest BCUT2D eigenvalue weighted by molar-refractivity contribution is 7.15. The molecule has 0 fully saturated rings. The third-order valence-electron chi connectivity index (χ3n) is 3.60. The van der Waals surface area contributed by atoms with Crippen LogP contribution < -0.4 is 5.32 Å². The fraction of sp³-hybridized carbons (Fsp3) is 0.0526. The number of carboxylic acids is 1. The molecule has 1 aromatic heterocycles. The third kappa shape index (κ3) is 3.21. The Morgan fingerprint density at radius 2 is 1.79 bits per heavy atom. The highest BCUT2D eigenvalue weighted by Gasteiger charge is 2.21. The molecule has 0 saturated carbocycles. The molecule has 0 aliphatic rings. The number of aromatic carboxylic acids is 1. The van der Waals surface area contributed by atoms with Crippen LogP contribution in [0.25, 0.3) is 11.1 Å².